The van der Waals surface area contributed by atoms with E-state index >= 15 is 0 Å². The van der Waals surface area contributed by atoms with Crippen LogP contribution in [-0.4, -0.2) is 38.4 Å². The Labute approximate surface area is 108 Å². The predicted molar refractivity (Wildman–Crippen MR) is 71.2 cm³/mol. The maximum absolute atomic E-state index is 11.9. The molecule has 0 aromatic carbocycles. The number of hydrogen-bond donors (Lipinski definition) is 1. The van der Waals surface area contributed by atoms with Crippen molar-refractivity contribution < 1.29 is 9.90 Å². The van der Waals surface area contributed by atoms with Gasteiger partial charge in [0.15, 0.2) is 0 Å². The Kier molecular flexibility index (Phi) is 3.88. The fourth-order valence-corrected chi connectivity index (χ4v) is 2.68. The van der Waals surface area contributed by atoms with E-state index in [4.69, 9.17) is 17.3 Å². The van der Waals surface area contributed by atoms with Gasteiger partial charge in [-0.3, -0.25) is 14.7 Å². The van der Waals surface area contributed by atoms with Crippen molar-refractivity contribution in [3.8, 4) is 0 Å². The van der Waals surface area contributed by atoms with Crippen LogP contribution in [0.25, 0.3) is 6.08 Å². The summed E-state index contributed by atoms with van der Waals surface area (Å²) in [5, 5.41) is 8.84. The van der Waals surface area contributed by atoms with E-state index in [9.17, 15) is 4.79 Å². The summed E-state index contributed by atoms with van der Waals surface area (Å²) < 4.78 is 0.478. The Hall–Kier alpha value is -1.24. The van der Waals surface area contributed by atoms with Gasteiger partial charge in [0.2, 0.25) is 0 Å². The van der Waals surface area contributed by atoms with Crippen LogP contribution in [0.1, 0.15) is 5.69 Å². The van der Waals surface area contributed by atoms with Crippen molar-refractivity contribution in [2.45, 2.75) is 0 Å². The Morgan fingerprint density at radius 3 is 3.00 bits per heavy atom. The highest BCUT2D eigenvalue weighted by atomic mass is 32.2. The third kappa shape index (κ3) is 2.71. The van der Waals surface area contributed by atoms with E-state index in [1.807, 2.05) is 18.2 Å². The van der Waals surface area contributed by atoms with E-state index in [1.165, 1.54) is 16.7 Å². The molecule has 1 amide bonds. The van der Waals surface area contributed by atoms with Gasteiger partial charge in [-0.25, -0.2) is 0 Å². The number of rotatable bonds is 3. The van der Waals surface area contributed by atoms with Gasteiger partial charge in [-0.1, -0.05) is 30.0 Å². The van der Waals surface area contributed by atoms with Crippen LogP contribution < -0.4 is 0 Å². The highest BCUT2D eigenvalue weighted by Gasteiger charge is 2.31. The largest absolute Gasteiger partial charge is 0.395 e. The van der Waals surface area contributed by atoms with Gasteiger partial charge in [-0.05, 0) is 18.2 Å². The SMILES string of the molecule is O=C1/C(=C/c2ccccn2)SC(=S)N1CCO. The standard InChI is InChI=1S/C11H10N2O2S2/c14-6-5-13-10(15)9(17-11(13)16)7-8-3-1-2-4-12-8/h1-4,7,14H,5-6H2/b9-7-. The van der Waals surface area contributed by atoms with E-state index in [2.05, 4.69) is 4.98 Å². The van der Waals surface area contributed by atoms with Gasteiger partial charge in [0.1, 0.15) is 4.32 Å². The number of aliphatic hydroxyl groups excluding tert-OH is 1. The highest BCUT2D eigenvalue weighted by molar-refractivity contribution is 8.26. The summed E-state index contributed by atoms with van der Waals surface area (Å²) in [6, 6.07) is 5.49. The average Bonchev–Trinajstić information content (AvgIpc) is 2.59. The quantitative estimate of drug-likeness (QED) is 0.659. The van der Waals surface area contributed by atoms with Gasteiger partial charge >= 0.3 is 0 Å². The first-order valence-electron chi connectivity index (χ1n) is 4.99. The van der Waals surface area contributed by atoms with Crippen LogP contribution in [0.15, 0.2) is 29.3 Å². The lowest BCUT2D eigenvalue weighted by atomic mass is 10.3. The number of carbonyl (C=O) groups excluding carboxylic acids is 1. The van der Waals surface area contributed by atoms with Crippen LogP contribution in [0, 0.1) is 0 Å². The van der Waals surface area contributed by atoms with Crippen molar-refractivity contribution in [1.82, 2.24) is 9.88 Å². The first-order chi connectivity index (χ1) is 8.22. The Morgan fingerprint density at radius 2 is 2.35 bits per heavy atom. The second-order valence-corrected chi connectivity index (χ2v) is 4.99. The number of aliphatic hydroxyl groups is 1. The normalized spacial score (nSPS) is 18.2. The van der Waals surface area contributed by atoms with E-state index in [1.54, 1.807) is 12.3 Å². The summed E-state index contributed by atoms with van der Waals surface area (Å²) in [4.78, 5) is 18.0. The molecule has 1 saturated heterocycles. The molecule has 1 aromatic rings. The minimum Gasteiger partial charge on any atom is -0.395 e. The lowest BCUT2D eigenvalue weighted by Gasteiger charge is -2.11. The van der Waals surface area contributed by atoms with Crippen LogP contribution in [-0.2, 0) is 4.79 Å². The van der Waals surface area contributed by atoms with E-state index in [-0.39, 0.29) is 19.1 Å². The minimum absolute atomic E-state index is 0.0939. The fourth-order valence-electron chi connectivity index (χ4n) is 1.39. The molecule has 0 atom stereocenters. The molecule has 0 spiro atoms. The monoisotopic (exact) mass is 266 g/mol. The van der Waals surface area contributed by atoms with Crippen molar-refractivity contribution in [2.24, 2.45) is 0 Å². The Morgan fingerprint density at radius 1 is 1.53 bits per heavy atom. The lowest BCUT2D eigenvalue weighted by Crippen LogP contribution is -2.30. The molecule has 1 aliphatic rings. The molecule has 1 aromatic heterocycles. The molecule has 1 aliphatic heterocycles. The summed E-state index contributed by atoms with van der Waals surface area (Å²) in [5.41, 5.74) is 0.719. The number of amides is 1. The van der Waals surface area contributed by atoms with Crippen molar-refractivity contribution in [2.75, 3.05) is 13.2 Å². The number of aromatic nitrogens is 1. The highest BCUT2D eigenvalue weighted by Crippen LogP contribution is 2.31. The molecule has 0 radical (unpaired) electrons. The maximum Gasteiger partial charge on any atom is 0.266 e. The van der Waals surface area contributed by atoms with Crippen LogP contribution in [0.2, 0.25) is 0 Å². The number of hydrogen-bond acceptors (Lipinski definition) is 5. The first kappa shape index (κ1) is 12.2. The Bertz CT molecular complexity index is 474. The third-order valence-corrected chi connectivity index (χ3v) is 3.54. The molecule has 4 nitrogen and oxygen atoms in total. The molecule has 17 heavy (non-hydrogen) atoms. The minimum atomic E-state index is -0.167. The van der Waals surface area contributed by atoms with Gasteiger partial charge in [-0.2, -0.15) is 0 Å². The van der Waals surface area contributed by atoms with Crippen molar-refractivity contribution in [3.63, 3.8) is 0 Å². The zero-order valence-corrected chi connectivity index (χ0v) is 10.5. The molecule has 1 N–H and O–H groups in total. The lowest BCUT2D eigenvalue weighted by molar-refractivity contribution is -0.122. The van der Waals surface area contributed by atoms with E-state index in [0.717, 1.165) is 5.69 Å². The summed E-state index contributed by atoms with van der Waals surface area (Å²) in [5.74, 6) is -0.167. The van der Waals surface area contributed by atoms with Crippen LogP contribution in [0.3, 0.4) is 0 Å². The zero-order valence-electron chi connectivity index (χ0n) is 8.87. The van der Waals surface area contributed by atoms with Crippen molar-refractivity contribution in [1.29, 1.82) is 0 Å². The molecule has 0 saturated carbocycles. The number of thiocarbonyl (C=S) groups is 1. The summed E-state index contributed by atoms with van der Waals surface area (Å²) in [6.07, 6.45) is 3.37. The summed E-state index contributed by atoms with van der Waals surface area (Å²) in [6.45, 7) is 0.146. The molecule has 0 bridgehead atoms. The average molecular weight is 266 g/mol. The molecule has 0 unspecified atom stereocenters. The topological polar surface area (TPSA) is 53.4 Å². The van der Waals surface area contributed by atoms with Crippen molar-refractivity contribution in [3.05, 3.63) is 35.0 Å². The molecule has 0 aliphatic carbocycles. The number of nitrogens with zero attached hydrogens (tertiary/aromatic N) is 2. The van der Waals surface area contributed by atoms with E-state index in [0.29, 0.717) is 9.23 Å². The van der Waals surface area contributed by atoms with E-state index < -0.39 is 0 Å². The zero-order chi connectivity index (χ0) is 12.3. The first-order valence-corrected chi connectivity index (χ1v) is 6.22. The molecule has 1 fully saturated rings. The number of carbonyl (C=O) groups is 1. The summed E-state index contributed by atoms with van der Waals surface area (Å²) >= 11 is 6.31. The number of β-amino-alcohol motifs (C(OH)–C–C–N with tert-alkyl or cyclic N) is 1. The van der Waals surface area contributed by atoms with Crippen molar-refractivity contribution >= 4 is 40.3 Å². The second-order valence-electron chi connectivity index (χ2n) is 3.31. The molecular weight excluding hydrogens is 256 g/mol. The van der Waals surface area contributed by atoms with Crippen LogP contribution in [0.4, 0.5) is 0 Å². The van der Waals surface area contributed by atoms with Gasteiger partial charge in [-0.15, -0.1) is 0 Å². The third-order valence-electron chi connectivity index (χ3n) is 2.16. The van der Waals surface area contributed by atoms with Gasteiger partial charge < -0.3 is 5.11 Å². The van der Waals surface area contributed by atoms with Gasteiger partial charge in [0.05, 0.1) is 23.8 Å². The second kappa shape index (κ2) is 5.39. The Balaban J connectivity index is 2.22. The van der Waals surface area contributed by atoms with Crippen LogP contribution in [0.5, 0.6) is 0 Å². The molecule has 6 heteroatoms. The smallest absolute Gasteiger partial charge is 0.266 e. The summed E-state index contributed by atoms with van der Waals surface area (Å²) in [7, 11) is 0. The van der Waals surface area contributed by atoms with Crippen LogP contribution >= 0.6 is 24.0 Å². The fraction of sp³-hybridized carbons (Fsp3) is 0.182. The molecule has 2 heterocycles. The molecule has 2 rings (SSSR count). The predicted octanol–water partition coefficient (Wildman–Crippen LogP) is 1.28. The maximum atomic E-state index is 11.9. The number of thioether (sulfide) groups is 1. The van der Waals surface area contributed by atoms with Gasteiger partial charge in [0, 0.05) is 6.20 Å². The van der Waals surface area contributed by atoms with Gasteiger partial charge in [0.25, 0.3) is 5.91 Å². The molecular formula is C11H10N2O2S2. The number of pyridine rings is 1. The molecule has 88 valence electrons.